The smallest absolute Gasteiger partial charge is 0.307 e. The first kappa shape index (κ1) is 17.3. The average Bonchev–Trinajstić information content (AvgIpc) is 2.48. The third kappa shape index (κ3) is 5.28. The van der Waals surface area contributed by atoms with E-state index < -0.39 is 12.0 Å². The standard InChI is InChI=1S/C16H23NO4/c1-11-5-6-13(9-12(11)2)16(20)14(10-15(19)21-3)17-7-4-8-18/h5-6,9,14,17-18H,4,7-8,10H2,1-3H3. The zero-order chi connectivity index (χ0) is 15.8. The van der Waals surface area contributed by atoms with Crippen molar-refractivity contribution in [2.45, 2.75) is 32.7 Å². The van der Waals surface area contributed by atoms with Gasteiger partial charge in [-0.2, -0.15) is 0 Å². The van der Waals surface area contributed by atoms with Crippen molar-refractivity contribution in [2.75, 3.05) is 20.3 Å². The van der Waals surface area contributed by atoms with Crippen molar-refractivity contribution < 1.29 is 19.4 Å². The summed E-state index contributed by atoms with van der Waals surface area (Å²) in [5.41, 5.74) is 2.72. The average molecular weight is 293 g/mol. The molecule has 0 aliphatic carbocycles. The lowest BCUT2D eigenvalue weighted by Gasteiger charge is -2.17. The van der Waals surface area contributed by atoms with E-state index in [1.165, 1.54) is 7.11 Å². The first-order chi connectivity index (χ1) is 9.99. The van der Waals surface area contributed by atoms with E-state index in [1.807, 2.05) is 26.0 Å². The van der Waals surface area contributed by atoms with Crippen LogP contribution in [0.1, 0.15) is 34.3 Å². The molecule has 0 aromatic heterocycles. The number of ether oxygens (including phenoxy) is 1. The molecule has 5 heteroatoms. The zero-order valence-electron chi connectivity index (χ0n) is 12.8. The molecule has 5 nitrogen and oxygen atoms in total. The number of ketones is 1. The molecular formula is C16H23NO4. The van der Waals surface area contributed by atoms with Gasteiger partial charge in [0, 0.05) is 12.2 Å². The minimum absolute atomic E-state index is 0.0202. The number of benzene rings is 1. The molecule has 21 heavy (non-hydrogen) atoms. The normalized spacial score (nSPS) is 12.0. The van der Waals surface area contributed by atoms with Crippen LogP contribution in [0.15, 0.2) is 18.2 Å². The molecule has 1 aromatic carbocycles. The van der Waals surface area contributed by atoms with Crippen LogP contribution >= 0.6 is 0 Å². The summed E-state index contributed by atoms with van der Waals surface area (Å²) in [5, 5.41) is 11.8. The van der Waals surface area contributed by atoms with Gasteiger partial charge in [-0.1, -0.05) is 12.1 Å². The van der Waals surface area contributed by atoms with Gasteiger partial charge in [0.05, 0.1) is 19.6 Å². The summed E-state index contributed by atoms with van der Waals surface area (Å²) in [4.78, 5) is 24.0. The Morgan fingerprint density at radius 3 is 2.57 bits per heavy atom. The number of nitrogens with one attached hydrogen (secondary N) is 1. The lowest BCUT2D eigenvalue weighted by atomic mass is 9.98. The number of aliphatic hydroxyl groups is 1. The molecule has 1 atom stereocenters. The highest BCUT2D eigenvalue weighted by molar-refractivity contribution is 6.02. The number of methoxy groups -OCH3 is 1. The molecule has 116 valence electrons. The van der Waals surface area contributed by atoms with Gasteiger partial charge in [-0.25, -0.2) is 0 Å². The van der Waals surface area contributed by atoms with Crippen LogP contribution in [-0.4, -0.2) is 43.2 Å². The first-order valence-electron chi connectivity index (χ1n) is 7.02. The molecule has 1 rings (SSSR count). The van der Waals surface area contributed by atoms with Gasteiger partial charge in [0.1, 0.15) is 0 Å². The Labute approximate surface area is 125 Å². The SMILES string of the molecule is COC(=O)CC(NCCCO)C(=O)c1ccc(C)c(C)c1. The van der Waals surface area contributed by atoms with Crippen LogP contribution in [0.5, 0.6) is 0 Å². The van der Waals surface area contributed by atoms with E-state index in [4.69, 9.17) is 5.11 Å². The predicted molar refractivity (Wildman–Crippen MR) is 80.4 cm³/mol. The number of hydrogen-bond donors (Lipinski definition) is 2. The van der Waals surface area contributed by atoms with Crippen molar-refractivity contribution in [3.8, 4) is 0 Å². The second-order valence-electron chi connectivity index (χ2n) is 5.03. The fourth-order valence-electron chi connectivity index (χ4n) is 1.96. The second-order valence-corrected chi connectivity index (χ2v) is 5.03. The fourth-order valence-corrected chi connectivity index (χ4v) is 1.96. The quantitative estimate of drug-likeness (QED) is 0.430. The number of aryl methyl sites for hydroxylation is 2. The van der Waals surface area contributed by atoms with Crippen LogP contribution in [0.4, 0.5) is 0 Å². The third-order valence-electron chi connectivity index (χ3n) is 3.43. The molecular weight excluding hydrogens is 270 g/mol. The first-order valence-corrected chi connectivity index (χ1v) is 7.02. The minimum atomic E-state index is -0.633. The fraction of sp³-hybridized carbons (Fsp3) is 0.500. The van der Waals surface area contributed by atoms with Gasteiger partial charge < -0.3 is 15.2 Å². The van der Waals surface area contributed by atoms with E-state index in [0.717, 1.165) is 11.1 Å². The molecule has 0 heterocycles. The number of Topliss-reactive ketones (excluding diaryl/α,β-unsaturated/α-hetero) is 1. The summed E-state index contributed by atoms with van der Waals surface area (Å²) in [5.74, 6) is -0.574. The topological polar surface area (TPSA) is 75.6 Å². The summed E-state index contributed by atoms with van der Waals surface area (Å²) in [6, 6.07) is 4.86. The van der Waals surface area contributed by atoms with E-state index in [1.54, 1.807) is 6.07 Å². The van der Waals surface area contributed by atoms with E-state index in [2.05, 4.69) is 10.1 Å². The van der Waals surface area contributed by atoms with Crippen LogP contribution in [-0.2, 0) is 9.53 Å². The summed E-state index contributed by atoms with van der Waals surface area (Å²) in [7, 11) is 1.30. The number of hydrogen-bond acceptors (Lipinski definition) is 5. The van der Waals surface area contributed by atoms with Crippen molar-refractivity contribution in [1.29, 1.82) is 0 Å². The number of rotatable bonds is 8. The van der Waals surface area contributed by atoms with E-state index >= 15 is 0 Å². The second kappa shape index (κ2) is 8.54. The van der Waals surface area contributed by atoms with Crippen LogP contribution in [0.25, 0.3) is 0 Å². The molecule has 1 unspecified atom stereocenters. The highest BCUT2D eigenvalue weighted by Gasteiger charge is 2.23. The van der Waals surface area contributed by atoms with Gasteiger partial charge >= 0.3 is 5.97 Å². The van der Waals surface area contributed by atoms with Crippen molar-refractivity contribution in [2.24, 2.45) is 0 Å². The summed E-state index contributed by atoms with van der Waals surface area (Å²) in [6.45, 7) is 4.43. The maximum atomic E-state index is 12.5. The largest absolute Gasteiger partial charge is 0.469 e. The lowest BCUT2D eigenvalue weighted by Crippen LogP contribution is -2.39. The van der Waals surface area contributed by atoms with Crippen LogP contribution < -0.4 is 5.32 Å². The highest BCUT2D eigenvalue weighted by atomic mass is 16.5. The Balaban J connectivity index is 2.86. The van der Waals surface area contributed by atoms with Crippen molar-refractivity contribution in [3.05, 3.63) is 34.9 Å². The molecule has 0 saturated heterocycles. The number of carbonyl (C=O) groups is 2. The molecule has 0 aliphatic heterocycles. The van der Waals surface area contributed by atoms with Crippen LogP contribution in [0.2, 0.25) is 0 Å². The molecule has 0 fully saturated rings. The van der Waals surface area contributed by atoms with Gasteiger partial charge in [-0.3, -0.25) is 9.59 Å². The Hall–Kier alpha value is -1.72. The molecule has 1 aromatic rings. The minimum Gasteiger partial charge on any atom is -0.469 e. The Kier molecular flexibility index (Phi) is 7.05. The van der Waals surface area contributed by atoms with E-state index in [-0.39, 0.29) is 18.8 Å². The molecule has 0 aliphatic rings. The van der Waals surface area contributed by atoms with Crippen molar-refractivity contribution in [1.82, 2.24) is 5.32 Å². The summed E-state index contributed by atoms with van der Waals surface area (Å²) in [6.07, 6.45) is 0.506. The van der Waals surface area contributed by atoms with E-state index in [9.17, 15) is 9.59 Å². The Bertz CT molecular complexity index is 499. The predicted octanol–water partition coefficient (Wildman–Crippen LogP) is 1.39. The van der Waals surface area contributed by atoms with Gasteiger partial charge in [0.2, 0.25) is 0 Å². The molecule has 2 N–H and O–H groups in total. The summed E-state index contributed by atoms with van der Waals surface area (Å²) < 4.78 is 4.64. The van der Waals surface area contributed by atoms with Crippen molar-refractivity contribution >= 4 is 11.8 Å². The molecule has 0 spiro atoms. The molecule has 0 amide bonds. The third-order valence-corrected chi connectivity index (χ3v) is 3.43. The maximum absolute atomic E-state index is 12.5. The number of carbonyl (C=O) groups excluding carboxylic acids is 2. The van der Waals surface area contributed by atoms with Gasteiger partial charge in [0.25, 0.3) is 0 Å². The van der Waals surface area contributed by atoms with Gasteiger partial charge in [-0.05, 0) is 44.0 Å². The zero-order valence-corrected chi connectivity index (χ0v) is 12.8. The van der Waals surface area contributed by atoms with Gasteiger partial charge in [-0.15, -0.1) is 0 Å². The van der Waals surface area contributed by atoms with Crippen LogP contribution in [0, 0.1) is 13.8 Å². The number of aliphatic hydroxyl groups excluding tert-OH is 1. The highest BCUT2D eigenvalue weighted by Crippen LogP contribution is 2.13. The van der Waals surface area contributed by atoms with Crippen LogP contribution in [0.3, 0.4) is 0 Å². The monoisotopic (exact) mass is 293 g/mol. The lowest BCUT2D eigenvalue weighted by molar-refractivity contribution is -0.140. The number of esters is 1. The molecule has 0 bridgehead atoms. The molecule has 0 radical (unpaired) electrons. The van der Waals surface area contributed by atoms with E-state index in [0.29, 0.717) is 18.5 Å². The molecule has 0 saturated carbocycles. The summed E-state index contributed by atoms with van der Waals surface area (Å²) >= 11 is 0. The Morgan fingerprint density at radius 2 is 2.00 bits per heavy atom. The van der Waals surface area contributed by atoms with Gasteiger partial charge in [0.15, 0.2) is 5.78 Å². The van der Waals surface area contributed by atoms with Crippen molar-refractivity contribution in [3.63, 3.8) is 0 Å². The maximum Gasteiger partial charge on any atom is 0.307 e. The Morgan fingerprint density at radius 1 is 1.29 bits per heavy atom.